The molecule has 41 valence electrons. The normalized spacial score (nSPS) is 12.1. The van der Waals surface area contributed by atoms with Crippen molar-refractivity contribution in [2.24, 2.45) is 0 Å². The first-order chi connectivity index (χ1) is 3.31. The fraction of sp³-hybridized carbons (Fsp3) is 0.571. The maximum Gasteiger partial charge on any atom is -0.0283 e. The molecule has 0 spiro atoms. The summed E-state index contributed by atoms with van der Waals surface area (Å²) in [6.07, 6.45) is 4.42. The molecule has 0 saturated heterocycles. The summed E-state index contributed by atoms with van der Waals surface area (Å²) in [5.74, 6) is 0. The fourth-order valence-electron chi connectivity index (χ4n) is 0.465. The Hall–Kier alpha value is -0.260. The Labute approximate surface area is 46.2 Å². The second-order valence-corrected chi connectivity index (χ2v) is 1.70. The topological polar surface area (TPSA) is 0 Å². The van der Waals surface area contributed by atoms with Crippen LogP contribution in [0.3, 0.4) is 0 Å². The van der Waals surface area contributed by atoms with Crippen molar-refractivity contribution in [3.63, 3.8) is 0 Å². The van der Waals surface area contributed by atoms with Crippen LogP contribution in [0.4, 0.5) is 0 Å². The molecule has 0 saturated carbocycles. The van der Waals surface area contributed by atoms with Crippen LogP contribution in [-0.2, 0) is 0 Å². The van der Waals surface area contributed by atoms with Gasteiger partial charge in [-0.15, -0.1) is 0 Å². The van der Waals surface area contributed by atoms with Crippen LogP contribution in [-0.4, -0.2) is 0 Å². The molecule has 0 aliphatic heterocycles. The molecule has 0 nitrogen and oxygen atoms in total. The van der Waals surface area contributed by atoms with E-state index in [0.717, 1.165) is 6.42 Å². The van der Waals surface area contributed by atoms with Crippen LogP contribution in [0.25, 0.3) is 0 Å². The number of hydrogen-bond donors (Lipinski definition) is 0. The summed E-state index contributed by atoms with van der Waals surface area (Å²) >= 11 is 0. The first kappa shape index (κ1) is 6.74. The predicted octanol–water partition coefficient (Wildman–Crippen LogP) is 2.57. The van der Waals surface area contributed by atoms with Crippen molar-refractivity contribution in [2.75, 3.05) is 0 Å². The van der Waals surface area contributed by atoms with Gasteiger partial charge in [-0.2, -0.15) is 0 Å². The zero-order valence-corrected chi connectivity index (χ0v) is 5.20. The van der Waals surface area contributed by atoms with E-state index in [0.29, 0.717) is 0 Å². The molecule has 0 unspecified atom stereocenters. The molecular weight excluding hydrogens is 84.1 g/mol. The molecule has 7 heavy (non-hydrogen) atoms. The Bertz CT molecular complexity index is 60.4. The highest BCUT2D eigenvalue weighted by Gasteiger charge is 1.80. The number of rotatable bonds is 2. The standard InChI is InChI=1S/C7H13/c1-4-6-7(3)5-2/h5H,3-4,6H2,1-2H3/b7-5-. The highest BCUT2D eigenvalue weighted by molar-refractivity contribution is 5.02. The minimum Gasteiger partial charge on any atom is -0.0884 e. The van der Waals surface area contributed by atoms with Crippen LogP contribution in [0.5, 0.6) is 0 Å². The summed E-state index contributed by atoms with van der Waals surface area (Å²) in [6.45, 7) is 7.99. The Morgan fingerprint density at radius 3 is 2.43 bits per heavy atom. The molecule has 0 N–H and O–H groups in total. The predicted molar refractivity (Wildman–Crippen MR) is 34.0 cm³/mol. The largest absolute Gasteiger partial charge is 0.0884 e. The Balaban J connectivity index is 3.17. The van der Waals surface area contributed by atoms with Crippen molar-refractivity contribution in [1.82, 2.24) is 0 Å². The lowest BCUT2D eigenvalue weighted by atomic mass is 10.2. The Kier molecular flexibility index (Phi) is 3.77. The van der Waals surface area contributed by atoms with Gasteiger partial charge in [0.2, 0.25) is 0 Å². The summed E-state index contributed by atoms with van der Waals surface area (Å²) in [7, 11) is 0. The summed E-state index contributed by atoms with van der Waals surface area (Å²) in [5.41, 5.74) is 1.25. The molecule has 0 bridgehead atoms. The van der Waals surface area contributed by atoms with Gasteiger partial charge in [0.25, 0.3) is 0 Å². The van der Waals surface area contributed by atoms with Crippen molar-refractivity contribution < 1.29 is 0 Å². The maximum atomic E-state index is 3.81. The van der Waals surface area contributed by atoms with Gasteiger partial charge in [-0.1, -0.05) is 25.0 Å². The lowest BCUT2D eigenvalue weighted by molar-refractivity contribution is 0.923. The van der Waals surface area contributed by atoms with E-state index in [1.54, 1.807) is 0 Å². The highest BCUT2D eigenvalue weighted by atomic mass is 13.9. The molecule has 0 heterocycles. The Morgan fingerprint density at radius 1 is 1.71 bits per heavy atom. The summed E-state index contributed by atoms with van der Waals surface area (Å²) < 4.78 is 0. The third kappa shape index (κ3) is 3.57. The highest BCUT2D eigenvalue weighted by Crippen LogP contribution is 1.99. The summed E-state index contributed by atoms with van der Waals surface area (Å²) in [5, 5.41) is 0. The van der Waals surface area contributed by atoms with E-state index >= 15 is 0 Å². The average Bonchev–Trinajstić information content (AvgIpc) is 1.68. The van der Waals surface area contributed by atoms with E-state index in [1.165, 1.54) is 12.0 Å². The van der Waals surface area contributed by atoms with Gasteiger partial charge in [0.15, 0.2) is 0 Å². The molecular formula is C7H13. The smallest absolute Gasteiger partial charge is 0.0283 e. The third-order valence-corrected chi connectivity index (χ3v) is 0.979. The molecule has 1 radical (unpaired) electrons. The lowest BCUT2D eigenvalue weighted by Gasteiger charge is -1.90. The average molecular weight is 97.2 g/mol. The zero-order valence-electron chi connectivity index (χ0n) is 5.20. The Morgan fingerprint density at radius 2 is 2.29 bits per heavy atom. The molecule has 0 atom stereocenters. The van der Waals surface area contributed by atoms with E-state index in [9.17, 15) is 0 Å². The monoisotopic (exact) mass is 97.1 g/mol. The second kappa shape index (κ2) is 3.91. The maximum absolute atomic E-state index is 3.81. The molecule has 0 aromatic rings. The third-order valence-electron chi connectivity index (χ3n) is 0.979. The van der Waals surface area contributed by atoms with E-state index in [4.69, 9.17) is 0 Å². The van der Waals surface area contributed by atoms with Crippen molar-refractivity contribution in [1.29, 1.82) is 0 Å². The second-order valence-electron chi connectivity index (χ2n) is 1.70. The summed E-state index contributed by atoms with van der Waals surface area (Å²) in [6, 6.07) is 0. The molecule has 0 aliphatic carbocycles. The van der Waals surface area contributed by atoms with Crippen molar-refractivity contribution in [3.05, 3.63) is 18.6 Å². The number of hydrogen-bond acceptors (Lipinski definition) is 0. The van der Waals surface area contributed by atoms with Gasteiger partial charge >= 0.3 is 0 Å². The van der Waals surface area contributed by atoms with Crippen molar-refractivity contribution >= 4 is 0 Å². The van der Waals surface area contributed by atoms with Crippen molar-refractivity contribution in [2.45, 2.75) is 26.7 Å². The van der Waals surface area contributed by atoms with Crippen molar-refractivity contribution in [3.8, 4) is 0 Å². The molecule has 0 rings (SSSR count). The van der Waals surface area contributed by atoms with E-state index in [2.05, 4.69) is 19.9 Å². The van der Waals surface area contributed by atoms with Gasteiger partial charge in [0, 0.05) is 0 Å². The van der Waals surface area contributed by atoms with Crippen LogP contribution < -0.4 is 0 Å². The van der Waals surface area contributed by atoms with Gasteiger partial charge in [0.05, 0.1) is 0 Å². The lowest BCUT2D eigenvalue weighted by Crippen LogP contribution is -1.70. The SMILES string of the molecule is [CH2]/C(=C/C)CCC. The molecule has 0 heteroatoms. The van der Waals surface area contributed by atoms with Gasteiger partial charge in [-0.3, -0.25) is 0 Å². The molecule has 0 aromatic carbocycles. The van der Waals surface area contributed by atoms with Crippen LogP contribution in [0.15, 0.2) is 11.6 Å². The van der Waals surface area contributed by atoms with Crippen LogP contribution in [0, 0.1) is 6.92 Å². The van der Waals surface area contributed by atoms with Crippen LogP contribution >= 0.6 is 0 Å². The van der Waals surface area contributed by atoms with Gasteiger partial charge in [-0.05, 0) is 20.3 Å². The molecule has 0 amide bonds. The van der Waals surface area contributed by atoms with E-state index < -0.39 is 0 Å². The van der Waals surface area contributed by atoms with E-state index in [-0.39, 0.29) is 0 Å². The first-order valence-electron chi connectivity index (χ1n) is 2.78. The molecule has 0 fully saturated rings. The fourth-order valence-corrected chi connectivity index (χ4v) is 0.465. The minimum atomic E-state index is 1.15. The van der Waals surface area contributed by atoms with Crippen LogP contribution in [0.1, 0.15) is 26.7 Å². The first-order valence-corrected chi connectivity index (χ1v) is 2.78. The van der Waals surface area contributed by atoms with Gasteiger partial charge in [0.1, 0.15) is 0 Å². The van der Waals surface area contributed by atoms with Gasteiger partial charge in [-0.25, -0.2) is 0 Å². The van der Waals surface area contributed by atoms with E-state index in [1.807, 2.05) is 6.92 Å². The number of allylic oxidation sites excluding steroid dienone is 2. The van der Waals surface area contributed by atoms with Gasteiger partial charge < -0.3 is 0 Å². The zero-order chi connectivity index (χ0) is 5.70. The van der Waals surface area contributed by atoms with Crippen LogP contribution in [0.2, 0.25) is 0 Å². The molecule has 0 aromatic heterocycles. The molecule has 0 aliphatic rings. The quantitative estimate of drug-likeness (QED) is 0.496. The summed E-state index contributed by atoms with van der Waals surface area (Å²) in [4.78, 5) is 0. The minimum absolute atomic E-state index is 1.15.